The summed E-state index contributed by atoms with van der Waals surface area (Å²) in [5.41, 5.74) is 3.60. The number of hydrogen-bond acceptors (Lipinski definition) is 4. The second-order valence-electron chi connectivity index (χ2n) is 5.10. The fourth-order valence-electron chi connectivity index (χ4n) is 2.23. The first-order valence-electron chi connectivity index (χ1n) is 7.23. The van der Waals surface area contributed by atoms with Crippen LogP contribution < -0.4 is 20.8 Å². The van der Waals surface area contributed by atoms with Crippen molar-refractivity contribution in [3.63, 3.8) is 0 Å². The Morgan fingerprint density at radius 2 is 1.88 bits per heavy atom. The summed E-state index contributed by atoms with van der Waals surface area (Å²) in [5, 5.41) is 9.37. The number of rotatable bonds is 3. The van der Waals surface area contributed by atoms with Crippen LogP contribution in [0.15, 0.2) is 53.6 Å². The fourth-order valence-corrected chi connectivity index (χ4v) is 2.39. The number of ether oxygens (including phenoxy) is 1. The molecule has 0 atom stereocenters. The number of halogens is 3. The van der Waals surface area contributed by atoms with Crippen LogP contribution in [-0.4, -0.2) is 23.1 Å². The molecule has 1 aliphatic heterocycles. The average molecular weight is 380 g/mol. The van der Waals surface area contributed by atoms with Crippen LogP contribution in [0.25, 0.3) is 0 Å². The minimum absolute atomic E-state index is 0.107. The molecule has 0 bridgehead atoms. The molecule has 0 fully saturated rings. The van der Waals surface area contributed by atoms with Crippen molar-refractivity contribution in [2.75, 3.05) is 10.6 Å². The lowest BCUT2D eigenvalue weighted by atomic mass is 10.1. The number of carbonyl (C=O) groups is 1. The Morgan fingerprint density at radius 3 is 2.58 bits per heavy atom. The maximum atomic E-state index is 12.4. The molecule has 26 heavy (non-hydrogen) atoms. The Bertz CT molecular complexity index is 885. The number of fused-ring (bicyclic) bond motifs is 1. The number of alkyl halides is 3. The minimum atomic E-state index is -4.83. The van der Waals surface area contributed by atoms with Crippen LogP contribution in [0.4, 0.5) is 24.5 Å². The molecule has 2 aromatic carbocycles. The van der Waals surface area contributed by atoms with E-state index >= 15 is 0 Å². The zero-order valence-corrected chi connectivity index (χ0v) is 13.7. The molecule has 1 amide bonds. The number of para-hydroxylation sites is 1. The van der Waals surface area contributed by atoms with Crippen LogP contribution >= 0.6 is 12.2 Å². The van der Waals surface area contributed by atoms with Crippen molar-refractivity contribution < 1.29 is 22.7 Å². The van der Waals surface area contributed by atoms with Gasteiger partial charge < -0.3 is 15.4 Å². The number of nitrogens with one attached hydrogen (secondary N) is 3. The van der Waals surface area contributed by atoms with E-state index in [-0.39, 0.29) is 16.4 Å². The van der Waals surface area contributed by atoms with Crippen LogP contribution in [0, 0.1) is 0 Å². The molecule has 6 nitrogen and oxygen atoms in total. The number of anilines is 2. The van der Waals surface area contributed by atoms with Gasteiger partial charge >= 0.3 is 6.36 Å². The number of benzene rings is 2. The molecule has 0 radical (unpaired) electrons. The highest BCUT2D eigenvalue weighted by molar-refractivity contribution is 7.80. The van der Waals surface area contributed by atoms with Crippen molar-refractivity contribution in [1.29, 1.82) is 0 Å². The summed E-state index contributed by atoms with van der Waals surface area (Å²) in [7, 11) is 0. The maximum absolute atomic E-state index is 12.4. The van der Waals surface area contributed by atoms with E-state index in [1.807, 2.05) is 6.07 Å². The zero-order valence-electron chi connectivity index (χ0n) is 12.9. The highest BCUT2D eigenvalue weighted by atomic mass is 32.1. The summed E-state index contributed by atoms with van der Waals surface area (Å²) in [5.74, 6) is -1.02. The van der Waals surface area contributed by atoms with E-state index in [9.17, 15) is 18.0 Å². The molecule has 0 saturated heterocycles. The van der Waals surface area contributed by atoms with Gasteiger partial charge in [0.1, 0.15) is 5.75 Å². The topological polar surface area (TPSA) is 74.8 Å². The molecule has 0 spiro atoms. The number of nitrogens with zero attached hydrogens (tertiary/aromatic N) is 1. The second-order valence-corrected chi connectivity index (χ2v) is 5.51. The third-order valence-corrected chi connectivity index (χ3v) is 3.44. The van der Waals surface area contributed by atoms with E-state index in [4.69, 9.17) is 12.2 Å². The van der Waals surface area contributed by atoms with Gasteiger partial charge in [0.25, 0.3) is 5.91 Å². The van der Waals surface area contributed by atoms with E-state index in [0.29, 0.717) is 11.4 Å². The lowest BCUT2D eigenvalue weighted by Crippen LogP contribution is -2.27. The normalized spacial score (nSPS) is 14.6. The molecule has 2 aromatic rings. The first-order valence-corrected chi connectivity index (χ1v) is 7.64. The predicted molar refractivity (Wildman–Crippen MR) is 94.1 cm³/mol. The van der Waals surface area contributed by atoms with E-state index in [1.54, 1.807) is 24.3 Å². The summed E-state index contributed by atoms with van der Waals surface area (Å²) in [6.07, 6.45) is -4.83. The number of hydrazone groups is 1. The van der Waals surface area contributed by atoms with Crippen molar-refractivity contribution in [2.24, 2.45) is 5.10 Å². The van der Waals surface area contributed by atoms with Gasteiger partial charge in [-0.2, -0.15) is 5.10 Å². The largest absolute Gasteiger partial charge is 0.573 e. The van der Waals surface area contributed by atoms with Crippen molar-refractivity contribution in [3.05, 3.63) is 54.1 Å². The Labute approximate surface area is 151 Å². The van der Waals surface area contributed by atoms with Crippen molar-refractivity contribution in [3.8, 4) is 5.75 Å². The molecule has 0 aliphatic carbocycles. The summed E-state index contributed by atoms with van der Waals surface area (Å²) >= 11 is 5.07. The fraction of sp³-hybridized carbons (Fsp3) is 0.0625. The van der Waals surface area contributed by atoms with Gasteiger partial charge in [-0.05, 0) is 42.5 Å². The van der Waals surface area contributed by atoms with E-state index in [1.165, 1.54) is 6.07 Å². The molecule has 1 aliphatic rings. The first-order chi connectivity index (χ1) is 12.3. The summed E-state index contributed by atoms with van der Waals surface area (Å²) in [6, 6.07) is 12.5. The molecule has 3 N–H and O–H groups in total. The van der Waals surface area contributed by atoms with E-state index < -0.39 is 18.0 Å². The van der Waals surface area contributed by atoms with Gasteiger partial charge in [-0.1, -0.05) is 18.2 Å². The van der Waals surface area contributed by atoms with Crippen LogP contribution in [-0.2, 0) is 4.79 Å². The SMILES string of the molecule is O=C1Nc2ccc(OC(F)(F)F)cc2C1=NNC(=S)Nc1ccccc1. The number of thiocarbonyl (C=S) groups is 1. The standard InChI is InChI=1S/C16H11F3N4O2S/c17-16(18,19)25-10-6-7-12-11(8-10)13(14(24)21-12)22-23-15(26)20-9-4-2-1-3-5-9/h1-8H,(H2,20,23,26)(H,21,22,24). The smallest absolute Gasteiger partial charge is 0.406 e. The molecule has 1 heterocycles. The Hall–Kier alpha value is -3.14. The monoisotopic (exact) mass is 380 g/mol. The Balaban J connectivity index is 1.76. The summed E-state index contributed by atoms with van der Waals surface area (Å²) in [6.45, 7) is 0. The van der Waals surface area contributed by atoms with Crippen LogP contribution in [0.2, 0.25) is 0 Å². The Morgan fingerprint density at radius 1 is 1.15 bits per heavy atom. The van der Waals surface area contributed by atoms with Gasteiger partial charge in [0.15, 0.2) is 10.8 Å². The van der Waals surface area contributed by atoms with Gasteiger partial charge in [0, 0.05) is 11.3 Å². The number of carbonyl (C=O) groups excluding carboxylic acids is 1. The lowest BCUT2D eigenvalue weighted by molar-refractivity contribution is -0.274. The quantitative estimate of drug-likeness (QED) is 0.563. The van der Waals surface area contributed by atoms with E-state index in [2.05, 4.69) is 25.9 Å². The third-order valence-electron chi connectivity index (χ3n) is 3.24. The highest BCUT2D eigenvalue weighted by Crippen LogP contribution is 2.30. The molecular formula is C16H11F3N4O2S. The van der Waals surface area contributed by atoms with Gasteiger partial charge in [-0.15, -0.1) is 13.2 Å². The van der Waals surface area contributed by atoms with Crippen molar-refractivity contribution in [2.45, 2.75) is 6.36 Å². The van der Waals surface area contributed by atoms with Crippen LogP contribution in [0.5, 0.6) is 5.75 Å². The molecule has 3 rings (SSSR count). The third kappa shape index (κ3) is 4.28. The predicted octanol–water partition coefficient (Wildman–Crippen LogP) is 3.23. The first kappa shape index (κ1) is 17.7. The minimum Gasteiger partial charge on any atom is -0.406 e. The zero-order chi connectivity index (χ0) is 18.7. The molecule has 0 saturated carbocycles. The van der Waals surface area contributed by atoms with Crippen LogP contribution in [0.1, 0.15) is 5.56 Å². The van der Waals surface area contributed by atoms with Gasteiger partial charge in [-0.25, -0.2) is 0 Å². The second kappa shape index (κ2) is 7.00. The number of amides is 1. The summed E-state index contributed by atoms with van der Waals surface area (Å²) < 4.78 is 40.9. The van der Waals surface area contributed by atoms with Crippen molar-refractivity contribution in [1.82, 2.24) is 5.43 Å². The lowest BCUT2D eigenvalue weighted by Gasteiger charge is -2.10. The molecular weight excluding hydrogens is 369 g/mol. The number of hydrogen-bond donors (Lipinski definition) is 3. The molecule has 10 heteroatoms. The van der Waals surface area contributed by atoms with Gasteiger partial charge in [0.2, 0.25) is 0 Å². The summed E-state index contributed by atoms with van der Waals surface area (Å²) in [4.78, 5) is 12.0. The average Bonchev–Trinajstić information content (AvgIpc) is 2.87. The highest BCUT2D eigenvalue weighted by Gasteiger charge is 2.33. The van der Waals surface area contributed by atoms with Gasteiger partial charge in [-0.3, -0.25) is 10.2 Å². The molecule has 134 valence electrons. The van der Waals surface area contributed by atoms with E-state index in [0.717, 1.165) is 12.1 Å². The van der Waals surface area contributed by atoms with Gasteiger partial charge in [0.05, 0.1) is 5.69 Å². The van der Waals surface area contributed by atoms with Crippen LogP contribution in [0.3, 0.4) is 0 Å². The molecule has 0 aromatic heterocycles. The maximum Gasteiger partial charge on any atom is 0.573 e. The van der Waals surface area contributed by atoms with Crippen molar-refractivity contribution >= 4 is 40.3 Å². The Kier molecular flexibility index (Phi) is 4.76. The molecule has 0 unspecified atom stereocenters.